The van der Waals surface area contributed by atoms with Crippen LogP contribution < -0.4 is 5.32 Å². The Kier molecular flexibility index (Phi) is 2.59. The average Bonchev–Trinajstić information content (AvgIpc) is 3.00. The Labute approximate surface area is 115 Å². The molecule has 3 fully saturated rings. The second kappa shape index (κ2) is 4.17. The lowest BCUT2D eigenvalue weighted by molar-refractivity contribution is 0.102. The van der Waals surface area contributed by atoms with E-state index >= 15 is 0 Å². The Morgan fingerprint density at radius 2 is 2.11 bits per heavy atom. The summed E-state index contributed by atoms with van der Waals surface area (Å²) in [7, 11) is 0. The summed E-state index contributed by atoms with van der Waals surface area (Å²) in [5.41, 5.74) is 0. The molecule has 2 aliphatic heterocycles. The topological polar surface area (TPSA) is 47.0 Å². The van der Waals surface area contributed by atoms with Crippen molar-refractivity contribution in [2.75, 3.05) is 5.32 Å². The Hall–Kier alpha value is -0.680. The molecule has 18 heavy (non-hydrogen) atoms. The molecule has 96 valence electrons. The van der Waals surface area contributed by atoms with Crippen LogP contribution in [0.25, 0.3) is 0 Å². The minimum absolute atomic E-state index is 0.383. The van der Waals surface area contributed by atoms with Gasteiger partial charge in [-0.25, -0.2) is 9.97 Å². The zero-order valence-corrected chi connectivity index (χ0v) is 11.7. The van der Waals surface area contributed by atoms with Gasteiger partial charge in [-0.05, 0) is 48.0 Å². The van der Waals surface area contributed by atoms with Gasteiger partial charge in [0.1, 0.15) is 16.2 Å². The van der Waals surface area contributed by atoms with Gasteiger partial charge in [0.05, 0.1) is 18.2 Å². The average molecular weight is 310 g/mol. The summed E-state index contributed by atoms with van der Waals surface area (Å²) < 4.78 is 6.74. The normalized spacial score (nSPS) is 33.9. The van der Waals surface area contributed by atoms with E-state index in [4.69, 9.17) is 4.74 Å². The van der Waals surface area contributed by atoms with Gasteiger partial charge in [-0.15, -0.1) is 0 Å². The first-order valence-electron chi connectivity index (χ1n) is 6.74. The quantitative estimate of drug-likeness (QED) is 0.872. The third-order valence-corrected chi connectivity index (χ3v) is 4.50. The number of nitrogens with one attached hydrogen (secondary N) is 1. The van der Waals surface area contributed by atoms with Gasteiger partial charge >= 0.3 is 0 Å². The van der Waals surface area contributed by atoms with Gasteiger partial charge in [0, 0.05) is 12.0 Å². The molecule has 2 saturated heterocycles. The molecule has 1 aromatic heterocycles. The predicted molar refractivity (Wildman–Crippen MR) is 71.6 cm³/mol. The molecule has 1 N–H and O–H groups in total. The van der Waals surface area contributed by atoms with Gasteiger partial charge < -0.3 is 10.1 Å². The number of anilines is 1. The molecule has 0 amide bonds. The van der Waals surface area contributed by atoms with Gasteiger partial charge in [-0.2, -0.15) is 0 Å². The molecule has 5 heteroatoms. The lowest BCUT2D eigenvalue weighted by Crippen LogP contribution is -2.30. The standard InChI is InChI=1S/C13H16BrN3O/c14-11-6-12(17-13(16-11)7-1-2-7)15-9-5-8-3-4-10(9)18-8/h6-10H,1-5H2,(H,15,16,17). The summed E-state index contributed by atoms with van der Waals surface area (Å²) in [6, 6.07) is 2.40. The Balaban J connectivity index is 1.53. The fourth-order valence-corrected chi connectivity index (χ4v) is 3.41. The molecule has 3 atom stereocenters. The maximum absolute atomic E-state index is 5.86. The highest BCUT2D eigenvalue weighted by molar-refractivity contribution is 9.10. The summed E-state index contributed by atoms with van der Waals surface area (Å²) in [4.78, 5) is 9.09. The summed E-state index contributed by atoms with van der Waals surface area (Å²) in [5, 5.41) is 3.53. The zero-order chi connectivity index (χ0) is 12.1. The molecule has 3 aliphatic rings. The van der Waals surface area contributed by atoms with Crippen LogP contribution in [0.5, 0.6) is 0 Å². The van der Waals surface area contributed by atoms with Crippen molar-refractivity contribution < 1.29 is 4.74 Å². The first-order valence-corrected chi connectivity index (χ1v) is 7.54. The van der Waals surface area contributed by atoms with Crippen LogP contribution in [0.2, 0.25) is 0 Å². The third-order valence-electron chi connectivity index (χ3n) is 4.09. The van der Waals surface area contributed by atoms with Crippen molar-refractivity contribution in [1.82, 2.24) is 9.97 Å². The van der Waals surface area contributed by atoms with Gasteiger partial charge in [0.25, 0.3) is 0 Å². The summed E-state index contributed by atoms with van der Waals surface area (Å²) in [5.74, 6) is 2.51. The first kappa shape index (κ1) is 11.2. The van der Waals surface area contributed by atoms with E-state index in [2.05, 4.69) is 31.2 Å². The summed E-state index contributed by atoms with van der Waals surface area (Å²) in [6.07, 6.45) is 6.84. The SMILES string of the molecule is Brc1cc(NC2CC3CCC2O3)nc(C2CC2)n1. The number of ether oxygens (including phenoxy) is 1. The lowest BCUT2D eigenvalue weighted by atomic mass is 9.95. The summed E-state index contributed by atoms with van der Waals surface area (Å²) >= 11 is 3.48. The van der Waals surface area contributed by atoms with Crippen LogP contribution in [0.1, 0.15) is 43.8 Å². The zero-order valence-electron chi connectivity index (χ0n) is 10.1. The second-order valence-corrected chi connectivity index (χ2v) is 6.38. The van der Waals surface area contributed by atoms with E-state index in [9.17, 15) is 0 Å². The van der Waals surface area contributed by atoms with Crippen LogP contribution >= 0.6 is 15.9 Å². The highest BCUT2D eigenvalue weighted by Crippen LogP contribution is 2.39. The van der Waals surface area contributed by atoms with Crippen molar-refractivity contribution >= 4 is 21.7 Å². The number of aromatic nitrogens is 2. The molecular formula is C13H16BrN3O. The molecule has 2 bridgehead atoms. The van der Waals surface area contributed by atoms with Crippen molar-refractivity contribution in [2.24, 2.45) is 0 Å². The smallest absolute Gasteiger partial charge is 0.135 e. The van der Waals surface area contributed by atoms with Crippen LogP contribution in [-0.4, -0.2) is 28.2 Å². The van der Waals surface area contributed by atoms with E-state index in [-0.39, 0.29) is 0 Å². The number of hydrogen-bond donors (Lipinski definition) is 1. The monoisotopic (exact) mass is 309 g/mol. The van der Waals surface area contributed by atoms with E-state index < -0.39 is 0 Å². The molecule has 1 aromatic rings. The fraction of sp³-hybridized carbons (Fsp3) is 0.692. The van der Waals surface area contributed by atoms with E-state index in [1.807, 2.05) is 6.07 Å². The molecule has 4 rings (SSSR count). The fourth-order valence-electron chi connectivity index (χ4n) is 3.01. The van der Waals surface area contributed by atoms with Crippen LogP contribution in [0, 0.1) is 0 Å². The predicted octanol–water partition coefficient (Wildman–Crippen LogP) is 2.85. The molecule has 1 aliphatic carbocycles. The van der Waals surface area contributed by atoms with Crippen LogP contribution in [0.4, 0.5) is 5.82 Å². The highest BCUT2D eigenvalue weighted by atomic mass is 79.9. The van der Waals surface area contributed by atoms with Crippen molar-refractivity contribution in [3.8, 4) is 0 Å². The molecule has 0 spiro atoms. The first-order chi connectivity index (χ1) is 8.78. The molecule has 3 heterocycles. The minimum atomic E-state index is 0.383. The van der Waals surface area contributed by atoms with Gasteiger partial charge in [0.15, 0.2) is 0 Å². The van der Waals surface area contributed by atoms with E-state index in [1.54, 1.807) is 0 Å². The highest BCUT2D eigenvalue weighted by Gasteiger charge is 2.41. The number of nitrogens with zero attached hydrogens (tertiary/aromatic N) is 2. The Morgan fingerprint density at radius 3 is 2.78 bits per heavy atom. The van der Waals surface area contributed by atoms with Crippen LogP contribution in [0.3, 0.4) is 0 Å². The molecule has 0 aromatic carbocycles. The molecule has 0 radical (unpaired) electrons. The number of rotatable bonds is 3. The molecule has 4 nitrogen and oxygen atoms in total. The maximum Gasteiger partial charge on any atom is 0.135 e. The van der Waals surface area contributed by atoms with Gasteiger partial charge in [-0.3, -0.25) is 0 Å². The van der Waals surface area contributed by atoms with Crippen molar-refractivity contribution in [1.29, 1.82) is 0 Å². The van der Waals surface area contributed by atoms with E-state index in [1.165, 1.54) is 25.7 Å². The van der Waals surface area contributed by atoms with E-state index in [0.717, 1.165) is 22.7 Å². The maximum atomic E-state index is 5.86. The molecular weight excluding hydrogens is 294 g/mol. The van der Waals surface area contributed by atoms with Crippen molar-refractivity contribution in [3.63, 3.8) is 0 Å². The molecule has 3 unspecified atom stereocenters. The van der Waals surface area contributed by atoms with E-state index in [0.29, 0.717) is 24.2 Å². The van der Waals surface area contributed by atoms with Crippen LogP contribution in [-0.2, 0) is 4.74 Å². The van der Waals surface area contributed by atoms with Crippen molar-refractivity contribution in [2.45, 2.75) is 56.3 Å². The number of hydrogen-bond acceptors (Lipinski definition) is 4. The lowest BCUT2D eigenvalue weighted by Gasteiger charge is -2.20. The van der Waals surface area contributed by atoms with Crippen molar-refractivity contribution in [3.05, 3.63) is 16.5 Å². The summed E-state index contributed by atoms with van der Waals surface area (Å²) in [6.45, 7) is 0. The third kappa shape index (κ3) is 2.03. The van der Waals surface area contributed by atoms with Crippen LogP contribution in [0.15, 0.2) is 10.7 Å². The Morgan fingerprint density at radius 1 is 1.22 bits per heavy atom. The second-order valence-electron chi connectivity index (χ2n) is 5.57. The molecule has 1 saturated carbocycles. The Bertz CT molecular complexity index is 477. The largest absolute Gasteiger partial charge is 0.373 e. The van der Waals surface area contributed by atoms with Gasteiger partial charge in [-0.1, -0.05) is 0 Å². The number of fused-ring (bicyclic) bond motifs is 2. The minimum Gasteiger partial charge on any atom is -0.373 e. The van der Waals surface area contributed by atoms with Gasteiger partial charge in [0.2, 0.25) is 0 Å². The number of halogens is 1.